The molecule has 1 amide bonds. The van der Waals surface area contributed by atoms with E-state index in [-0.39, 0.29) is 10.0 Å². The molecule has 1 unspecified atom stereocenters. The van der Waals surface area contributed by atoms with Gasteiger partial charge in [0.25, 0.3) is 0 Å². The maximum atomic E-state index is 11.4. The van der Waals surface area contributed by atoms with Gasteiger partial charge in [0.15, 0.2) is 0 Å². The van der Waals surface area contributed by atoms with Crippen molar-refractivity contribution in [2.75, 3.05) is 26.2 Å². The molecule has 4 nitrogen and oxygen atoms in total. The summed E-state index contributed by atoms with van der Waals surface area (Å²) in [4.78, 5) is 11.4. The number of carbonyl (C=O) groups is 1. The van der Waals surface area contributed by atoms with Crippen molar-refractivity contribution >= 4 is 6.09 Å². The molecule has 0 aromatic carbocycles. The highest BCUT2D eigenvalue weighted by molar-refractivity contribution is 5.57. The fraction of sp³-hybridized carbons (Fsp3) is 0.900. The molecular formula is C10H21N2O2+. The third-order valence-corrected chi connectivity index (χ3v) is 3.21. The first-order valence-electron chi connectivity index (χ1n) is 5.21. The number of hydrogen-bond acceptors (Lipinski definition) is 2. The van der Waals surface area contributed by atoms with E-state index in [0.717, 1.165) is 26.1 Å². The van der Waals surface area contributed by atoms with E-state index in [9.17, 15) is 9.90 Å². The molecule has 0 spiro atoms. The second-order valence-electron chi connectivity index (χ2n) is 4.97. The highest BCUT2D eigenvalue weighted by Gasteiger charge is 2.47. The SMILES string of the molecule is CC(C)(C)[N+]1(C(=O)O)CCCNCC1. The van der Waals surface area contributed by atoms with Crippen LogP contribution in [0.15, 0.2) is 0 Å². The summed E-state index contributed by atoms with van der Waals surface area (Å²) < 4.78 is 0.181. The van der Waals surface area contributed by atoms with E-state index in [1.165, 1.54) is 0 Å². The molecule has 82 valence electrons. The Kier molecular flexibility index (Phi) is 3.17. The molecule has 0 saturated carbocycles. The normalized spacial score (nSPS) is 29.6. The van der Waals surface area contributed by atoms with Crippen LogP contribution >= 0.6 is 0 Å². The van der Waals surface area contributed by atoms with Crippen molar-refractivity contribution in [3.05, 3.63) is 0 Å². The predicted octanol–water partition coefficient (Wildman–Crippen LogP) is 1.27. The second kappa shape index (κ2) is 3.87. The van der Waals surface area contributed by atoms with Gasteiger partial charge in [-0.2, -0.15) is 4.79 Å². The van der Waals surface area contributed by atoms with Crippen molar-refractivity contribution < 1.29 is 14.4 Å². The van der Waals surface area contributed by atoms with Crippen LogP contribution in [0.5, 0.6) is 0 Å². The number of nitrogens with zero attached hydrogens (tertiary/aromatic N) is 1. The van der Waals surface area contributed by atoms with Gasteiger partial charge in [-0.05, 0) is 20.8 Å². The molecule has 0 bridgehead atoms. The molecule has 1 heterocycles. The van der Waals surface area contributed by atoms with Crippen LogP contribution in [0.25, 0.3) is 0 Å². The van der Waals surface area contributed by atoms with Gasteiger partial charge < -0.3 is 10.4 Å². The van der Waals surface area contributed by atoms with E-state index in [1.54, 1.807) is 0 Å². The van der Waals surface area contributed by atoms with Crippen LogP contribution in [0.2, 0.25) is 0 Å². The zero-order chi connectivity index (χ0) is 10.8. The predicted molar refractivity (Wildman–Crippen MR) is 55.3 cm³/mol. The Bertz CT molecular complexity index is 213. The molecule has 2 N–H and O–H groups in total. The first-order chi connectivity index (χ1) is 6.40. The van der Waals surface area contributed by atoms with Gasteiger partial charge in [0, 0.05) is 19.5 Å². The van der Waals surface area contributed by atoms with E-state index in [1.807, 2.05) is 20.8 Å². The van der Waals surface area contributed by atoms with Gasteiger partial charge >= 0.3 is 6.09 Å². The van der Waals surface area contributed by atoms with Gasteiger partial charge in [-0.1, -0.05) is 0 Å². The van der Waals surface area contributed by atoms with Crippen LogP contribution in [0, 0.1) is 0 Å². The summed E-state index contributed by atoms with van der Waals surface area (Å²) in [5, 5.41) is 12.6. The van der Waals surface area contributed by atoms with Gasteiger partial charge in [0.1, 0.15) is 12.1 Å². The maximum Gasteiger partial charge on any atom is 0.514 e. The first-order valence-corrected chi connectivity index (χ1v) is 5.21. The van der Waals surface area contributed by atoms with Gasteiger partial charge in [0.05, 0.1) is 6.54 Å². The summed E-state index contributed by atoms with van der Waals surface area (Å²) in [6, 6.07) is 0. The van der Waals surface area contributed by atoms with Gasteiger partial charge in [-0.25, -0.2) is 4.48 Å². The van der Waals surface area contributed by atoms with Gasteiger partial charge in [-0.3, -0.25) is 0 Å². The third kappa shape index (κ3) is 1.91. The van der Waals surface area contributed by atoms with Crippen molar-refractivity contribution in [1.29, 1.82) is 0 Å². The quantitative estimate of drug-likeness (QED) is 0.580. The number of hydrogen-bond donors (Lipinski definition) is 2. The van der Waals surface area contributed by atoms with E-state index in [2.05, 4.69) is 5.32 Å². The number of nitrogens with one attached hydrogen (secondary N) is 1. The van der Waals surface area contributed by atoms with E-state index < -0.39 is 6.09 Å². The summed E-state index contributed by atoms with van der Waals surface area (Å²) in [5.41, 5.74) is -0.224. The van der Waals surface area contributed by atoms with E-state index >= 15 is 0 Å². The van der Waals surface area contributed by atoms with Crippen LogP contribution in [0.4, 0.5) is 4.79 Å². The van der Waals surface area contributed by atoms with Crippen molar-refractivity contribution in [2.45, 2.75) is 32.7 Å². The Hall–Kier alpha value is -0.610. The summed E-state index contributed by atoms with van der Waals surface area (Å²) in [7, 11) is 0. The van der Waals surface area contributed by atoms with Crippen molar-refractivity contribution in [2.24, 2.45) is 0 Å². The van der Waals surface area contributed by atoms with Crippen molar-refractivity contribution in [1.82, 2.24) is 5.32 Å². The minimum Gasteiger partial charge on any atom is -0.435 e. The smallest absolute Gasteiger partial charge is 0.435 e. The Labute approximate surface area is 85.5 Å². The monoisotopic (exact) mass is 201 g/mol. The van der Waals surface area contributed by atoms with E-state index in [0.29, 0.717) is 6.54 Å². The maximum absolute atomic E-state index is 11.4. The largest absolute Gasteiger partial charge is 0.514 e. The van der Waals surface area contributed by atoms with Crippen LogP contribution in [-0.2, 0) is 0 Å². The molecule has 0 aromatic heterocycles. The van der Waals surface area contributed by atoms with Crippen LogP contribution in [-0.4, -0.2) is 47.4 Å². The van der Waals surface area contributed by atoms with Crippen LogP contribution in [0.3, 0.4) is 0 Å². The number of carboxylic acid groups (broad SMARTS) is 1. The fourth-order valence-electron chi connectivity index (χ4n) is 2.13. The lowest BCUT2D eigenvalue weighted by Crippen LogP contribution is -2.64. The molecule has 1 saturated heterocycles. The van der Waals surface area contributed by atoms with E-state index in [4.69, 9.17) is 0 Å². The summed E-state index contributed by atoms with van der Waals surface area (Å²) in [6.07, 6.45) is 0.241. The minimum absolute atomic E-state index is 0.181. The standard InChI is InChI=1S/C10H20N2O2/c1-10(2,3)12(9(13)14)7-4-5-11-6-8-12/h11H,4-8H2,1-3H3/p+1. The number of amides is 1. The lowest BCUT2D eigenvalue weighted by molar-refractivity contribution is -0.901. The molecule has 1 aliphatic heterocycles. The Morgan fingerprint density at radius 2 is 1.93 bits per heavy atom. The molecule has 1 rings (SSSR count). The molecule has 0 aliphatic carbocycles. The lowest BCUT2D eigenvalue weighted by atomic mass is 10.0. The summed E-state index contributed by atoms with van der Waals surface area (Å²) in [5.74, 6) is 0. The van der Waals surface area contributed by atoms with Crippen molar-refractivity contribution in [3.8, 4) is 0 Å². The minimum atomic E-state index is -0.693. The molecule has 0 aromatic rings. The average Bonchev–Trinajstić information content (AvgIpc) is 2.26. The highest BCUT2D eigenvalue weighted by atomic mass is 16.4. The Morgan fingerprint density at radius 1 is 1.29 bits per heavy atom. The lowest BCUT2D eigenvalue weighted by Gasteiger charge is -2.42. The van der Waals surface area contributed by atoms with Crippen LogP contribution < -0.4 is 5.32 Å². The molecule has 1 fully saturated rings. The zero-order valence-corrected chi connectivity index (χ0v) is 9.34. The molecular weight excluding hydrogens is 180 g/mol. The summed E-state index contributed by atoms with van der Waals surface area (Å²) >= 11 is 0. The second-order valence-corrected chi connectivity index (χ2v) is 4.97. The first kappa shape index (κ1) is 11.5. The number of quaternary nitrogens is 1. The molecule has 1 atom stereocenters. The topological polar surface area (TPSA) is 49.3 Å². The van der Waals surface area contributed by atoms with Gasteiger partial charge in [-0.15, -0.1) is 0 Å². The average molecular weight is 201 g/mol. The Balaban J connectivity index is 2.95. The third-order valence-electron chi connectivity index (χ3n) is 3.21. The van der Waals surface area contributed by atoms with Crippen molar-refractivity contribution in [3.63, 3.8) is 0 Å². The summed E-state index contributed by atoms with van der Waals surface area (Å²) in [6.45, 7) is 9.16. The van der Waals surface area contributed by atoms with Crippen LogP contribution in [0.1, 0.15) is 27.2 Å². The Morgan fingerprint density at radius 3 is 2.43 bits per heavy atom. The number of rotatable bonds is 0. The fourth-order valence-corrected chi connectivity index (χ4v) is 2.13. The molecule has 1 aliphatic rings. The van der Waals surface area contributed by atoms with Gasteiger partial charge in [0.2, 0.25) is 0 Å². The molecule has 4 heteroatoms. The zero-order valence-electron chi connectivity index (χ0n) is 9.34. The molecule has 0 radical (unpaired) electrons. The highest BCUT2D eigenvalue weighted by Crippen LogP contribution is 2.26. The molecule has 14 heavy (non-hydrogen) atoms.